The van der Waals surface area contributed by atoms with Gasteiger partial charge in [-0.1, -0.05) is 6.92 Å². The fourth-order valence-electron chi connectivity index (χ4n) is 2.22. The molecule has 0 amide bonds. The van der Waals surface area contributed by atoms with E-state index in [0.29, 0.717) is 6.61 Å². The summed E-state index contributed by atoms with van der Waals surface area (Å²) in [6.07, 6.45) is 6.83. The molecule has 1 aliphatic rings. The van der Waals surface area contributed by atoms with Crippen molar-refractivity contribution in [3.05, 3.63) is 30.1 Å². The average molecular weight is 250 g/mol. The highest BCUT2D eigenvalue weighted by atomic mass is 16.5. The molecular weight excluding hydrogens is 228 g/mol. The molecule has 1 fully saturated rings. The van der Waals surface area contributed by atoms with Gasteiger partial charge in [-0.05, 0) is 37.0 Å². The van der Waals surface area contributed by atoms with Crippen LogP contribution in [-0.4, -0.2) is 30.3 Å². The van der Waals surface area contributed by atoms with Crippen molar-refractivity contribution >= 4 is 0 Å². The van der Waals surface area contributed by atoms with Crippen LogP contribution in [0.4, 0.5) is 0 Å². The topological polar surface area (TPSA) is 57.4 Å². The maximum atomic E-state index is 6.15. The number of pyridine rings is 1. The Hall–Kier alpha value is -0.970. The van der Waals surface area contributed by atoms with E-state index in [4.69, 9.17) is 15.2 Å². The van der Waals surface area contributed by atoms with E-state index in [9.17, 15) is 0 Å². The highest BCUT2D eigenvalue weighted by molar-refractivity contribution is 5.15. The molecule has 1 aliphatic heterocycles. The van der Waals surface area contributed by atoms with Gasteiger partial charge in [0.2, 0.25) is 0 Å². The summed E-state index contributed by atoms with van der Waals surface area (Å²) >= 11 is 0. The highest BCUT2D eigenvalue weighted by Gasteiger charge is 2.22. The van der Waals surface area contributed by atoms with Crippen molar-refractivity contribution in [2.24, 2.45) is 5.73 Å². The SMILES string of the molecule is CCC(N)C(OCC1CCCO1)c1ccncc1. The van der Waals surface area contributed by atoms with E-state index in [1.807, 2.05) is 12.1 Å². The van der Waals surface area contributed by atoms with Crippen molar-refractivity contribution in [3.8, 4) is 0 Å². The van der Waals surface area contributed by atoms with Crippen LogP contribution in [0.25, 0.3) is 0 Å². The van der Waals surface area contributed by atoms with Gasteiger partial charge in [0.05, 0.1) is 18.8 Å². The molecule has 3 atom stereocenters. The zero-order valence-electron chi connectivity index (χ0n) is 10.9. The Balaban J connectivity index is 1.96. The zero-order chi connectivity index (χ0) is 12.8. The lowest BCUT2D eigenvalue weighted by Gasteiger charge is -2.25. The van der Waals surface area contributed by atoms with E-state index in [2.05, 4.69) is 11.9 Å². The summed E-state index contributed by atoms with van der Waals surface area (Å²) in [5.41, 5.74) is 7.24. The summed E-state index contributed by atoms with van der Waals surface area (Å²) in [5, 5.41) is 0. The Labute approximate surface area is 108 Å². The average Bonchev–Trinajstić information content (AvgIpc) is 2.93. The molecule has 0 aromatic carbocycles. The predicted octanol–water partition coefficient (Wildman–Crippen LogP) is 2.06. The van der Waals surface area contributed by atoms with E-state index in [1.165, 1.54) is 0 Å². The lowest BCUT2D eigenvalue weighted by atomic mass is 10.0. The Bertz CT molecular complexity index is 339. The van der Waals surface area contributed by atoms with Gasteiger partial charge in [-0.25, -0.2) is 0 Å². The second-order valence-corrected chi connectivity index (χ2v) is 4.74. The smallest absolute Gasteiger partial charge is 0.0977 e. The van der Waals surface area contributed by atoms with Crippen LogP contribution in [0.2, 0.25) is 0 Å². The number of ether oxygens (including phenoxy) is 2. The summed E-state index contributed by atoms with van der Waals surface area (Å²) in [5.74, 6) is 0. The van der Waals surface area contributed by atoms with Gasteiger partial charge >= 0.3 is 0 Å². The minimum atomic E-state index is -0.0674. The molecule has 2 N–H and O–H groups in total. The number of nitrogens with zero attached hydrogens (tertiary/aromatic N) is 1. The third-order valence-corrected chi connectivity index (χ3v) is 3.38. The van der Waals surface area contributed by atoms with E-state index in [1.54, 1.807) is 12.4 Å². The molecule has 4 heteroatoms. The molecule has 18 heavy (non-hydrogen) atoms. The minimum Gasteiger partial charge on any atom is -0.376 e. The summed E-state index contributed by atoms with van der Waals surface area (Å²) < 4.78 is 11.6. The molecule has 1 saturated heterocycles. The summed E-state index contributed by atoms with van der Waals surface area (Å²) in [7, 11) is 0. The molecule has 4 nitrogen and oxygen atoms in total. The molecule has 0 saturated carbocycles. The van der Waals surface area contributed by atoms with Gasteiger partial charge in [-0.3, -0.25) is 4.98 Å². The van der Waals surface area contributed by atoms with Gasteiger partial charge in [0.15, 0.2) is 0 Å². The Morgan fingerprint density at radius 3 is 2.89 bits per heavy atom. The lowest BCUT2D eigenvalue weighted by molar-refractivity contribution is -0.0310. The first-order valence-electron chi connectivity index (χ1n) is 6.70. The van der Waals surface area contributed by atoms with Gasteiger partial charge in [0.25, 0.3) is 0 Å². The number of hydrogen-bond acceptors (Lipinski definition) is 4. The van der Waals surface area contributed by atoms with Crippen LogP contribution in [0.3, 0.4) is 0 Å². The standard InChI is InChI=1S/C14H22N2O2/c1-2-13(15)14(11-5-7-16-8-6-11)18-10-12-4-3-9-17-12/h5-8,12-14H,2-4,9-10,15H2,1H3. The van der Waals surface area contributed by atoms with Crippen molar-refractivity contribution in [2.45, 2.75) is 44.4 Å². The van der Waals surface area contributed by atoms with Crippen LogP contribution in [0.5, 0.6) is 0 Å². The third-order valence-electron chi connectivity index (χ3n) is 3.38. The van der Waals surface area contributed by atoms with Gasteiger partial charge in [0.1, 0.15) is 0 Å². The summed E-state index contributed by atoms with van der Waals surface area (Å²) in [6.45, 7) is 3.56. The van der Waals surface area contributed by atoms with Crippen LogP contribution in [0.1, 0.15) is 37.9 Å². The fourth-order valence-corrected chi connectivity index (χ4v) is 2.22. The highest BCUT2D eigenvalue weighted by Crippen LogP contribution is 2.23. The Morgan fingerprint density at radius 1 is 1.50 bits per heavy atom. The molecule has 1 aromatic heterocycles. The van der Waals surface area contributed by atoms with Crippen molar-refractivity contribution in [3.63, 3.8) is 0 Å². The molecule has 0 radical (unpaired) electrons. The first-order chi connectivity index (χ1) is 8.81. The van der Waals surface area contributed by atoms with Gasteiger partial charge in [0, 0.05) is 25.0 Å². The largest absolute Gasteiger partial charge is 0.376 e. The second-order valence-electron chi connectivity index (χ2n) is 4.74. The second kappa shape index (κ2) is 6.83. The van der Waals surface area contributed by atoms with Gasteiger partial charge in [-0.2, -0.15) is 0 Å². The van der Waals surface area contributed by atoms with Crippen LogP contribution >= 0.6 is 0 Å². The number of rotatable bonds is 6. The van der Waals surface area contributed by atoms with E-state index in [-0.39, 0.29) is 18.2 Å². The molecular formula is C14H22N2O2. The van der Waals surface area contributed by atoms with Crippen LogP contribution < -0.4 is 5.73 Å². The molecule has 1 aromatic rings. The van der Waals surface area contributed by atoms with Gasteiger partial charge < -0.3 is 15.2 Å². The monoisotopic (exact) mass is 250 g/mol. The third kappa shape index (κ3) is 3.51. The summed E-state index contributed by atoms with van der Waals surface area (Å²) in [4.78, 5) is 4.03. The number of nitrogens with two attached hydrogens (primary N) is 1. The van der Waals surface area contributed by atoms with Crippen molar-refractivity contribution in [1.29, 1.82) is 0 Å². The molecule has 0 spiro atoms. The Kier molecular flexibility index (Phi) is 5.11. The summed E-state index contributed by atoms with van der Waals surface area (Å²) in [6, 6.07) is 3.94. The quantitative estimate of drug-likeness (QED) is 0.839. The normalized spacial score (nSPS) is 22.9. The fraction of sp³-hybridized carbons (Fsp3) is 0.643. The van der Waals surface area contributed by atoms with E-state index < -0.39 is 0 Å². The first-order valence-corrected chi connectivity index (χ1v) is 6.70. The first kappa shape index (κ1) is 13.5. The van der Waals surface area contributed by atoms with Crippen LogP contribution in [0.15, 0.2) is 24.5 Å². The van der Waals surface area contributed by atoms with Crippen LogP contribution in [0, 0.1) is 0 Å². The molecule has 0 aliphatic carbocycles. The zero-order valence-corrected chi connectivity index (χ0v) is 10.9. The molecule has 2 rings (SSSR count). The Morgan fingerprint density at radius 2 is 2.28 bits per heavy atom. The number of aromatic nitrogens is 1. The van der Waals surface area contributed by atoms with Crippen molar-refractivity contribution in [2.75, 3.05) is 13.2 Å². The predicted molar refractivity (Wildman–Crippen MR) is 70.2 cm³/mol. The van der Waals surface area contributed by atoms with Crippen molar-refractivity contribution in [1.82, 2.24) is 4.98 Å². The van der Waals surface area contributed by atoms with Gasteiger partial charge in [-0.15, -0.1) is 0 Å². The molecule has 0 bridgehead atoms. The maximum Gasteiger partial charge on any atom is 0.0977 e. The van der Waals surface area contributed by atoms with E-state index >= 15 is 0 Å². The van der Waals surface area contributed by atoms with Crippen LogP contribution in [-0.2, 0) is 9.47 Å². The van der Waals surface area contributed by atoms with E-state index in [0.717, 1.165) is 31.4 Å². The minimum absolute atomic E-state index is 0.00815. The molecule has 100 valence electrons. The number of hydrogen-bond donors (Lipinski definition) is 1. The maximum absolute atomic E-state index is 6.15. The van der Waals surface area contributed by atoms with Crippen molar-refractivity contribution < 1.29 is 9.47 Å². The molecule has 3 unspecified atom stereocenters. The lowest BCUT2D eigenvalue weighted by Crippen LogP contribution is -2.31. The molecule has 2 heterocycles.